The Labute approximate surface area is 110 Å². The maximum absolute atomic E-state index is 12.0. The van der Waals surface area contributed by atoms with Gasteiger partial charge in [0.05, 0.1) is 4.92 Å². The van der Waals surface area contributed by atoms with Crippen molar-refractivity contribution in [3.63, 3.8) is 0 Å². The van der Waals surface area contributed by atoms with Crippen molar-refractivity contribution in [2.75, 3.05) is 18.9 Å². The summed E-state index contributed by atoms with van der Waals surface area (Å²) in [5, 5.41) is 16.4. The third-order valence-corrected chi connectivity index (χ3v) is 3.12. The van der Waals surface area contributed by atoms with Crippen molar-refractivity contribution in [2.24, 2.45) is 5.92 Å². The molecule has 1 aliphatic carbocycles. The van der Waals surface area contributed by atoms with Crippen molar-refractivity contribution < 1.29 is 9.72 Å². The Morgan fingerprint density at radius 1 is 1.58 bits per heavy atom. The highest BCUT2D eigenvalue weighted by Gasteiger charge is 2.23. The number of carbonyl (C=O) groups is 1. The average molecular weight is 264 g/mol. The molecule has 2 N–H and O–H groups in total. The SMILES string of the molecule is CNc1cc(C(=O)NCCC2CC2)c([N+](=O)[O-])cn1. The van der Waals surface area contributed by atoms with Gasteiger partial charge in [-0.2, -0.15) is 0 Å². The quantitative estimate of drug-likeness (QED) is 0.600. The molecule has 0 aliphatic heterocycles. The minimum absolute atomic E-state index is 0.0418. The van der Waals surface area contributed by atoms with Crippen molar-refractivity contribution in [1.29, 1.82) is 0 Å². The summed E-state index contributed by atoms with van der Waals surface area (Å²) in [7, 11) is 1.64. The summed E-state index contributed by atoms with van der Waals surface area (Å²) in [4.78, 5) is 26.1. The zero-order valence-electron chi connectivity index (χ0n) is 10.7. The molecule has 102 valence electrons. The second-order valence-electron chi connectivity index (χ2n) is 4.58. The highest BCUT2D eigenvalue weighted by Crippen LogP contribution is 2.31. The Morgan fingerprint density at radius 3 is 2.89 bits per heavy atom. The number of hydrogen-bond donors (Lipinski definition) is 2. The number of hydrogen-bond acceptors (Lipinski definition) is 5. The molecule has 7 nitrogen and oxygen atoms in total. The van der Waals surface area contributed by atoms with Crippen LogP contribution < -0.4 is 10.6 Å². The van der Waals surface area contributed by atoms with Crippen LogP contribution in [0.4, 0.5) is 11.5 Å². The molecule has 7 heteroatoms. The van der Waals surface area contributed by atoms with Gasteiger partial charge >= 0.3 is 0 Å². The van der Waals surface area contributed by atoms with Crippen LogP contribution in [0.5, 0.6) is 0 Å². The maximum atomic E-state index is 12.0. The molecule has 1 aromatic rings. The van der Waals surface area contributed by atoms with Gasteiger partial charge in [0.25, 0.3) is 11.6 Å². The number of amides is 1. The fraction of sp³-hybridized carbons (Fsp3) is 0.500. The number of aromatic nitrogens is 1. The van der Waals surface area contributed by atoms with Gasteiger partial charge in [-0.1, -0.05) is 12.8 Å². The molecule has 0 saturated heterocycles. The van der Waals surface area contributed by atoms with Crippen LogP contribution in [0.25, 0.3) is 0 Å². The van der Waals surface area contributed by atoms with E-state index >= 15 is 0 Å². The molecule has 0 atom stereocenters. The molecular formula is C12H16N4O3. The summed E-state index contributed by atoms with van der Waals surface area (Å²) >= 11 is 0. The van der Waals surface area contributed by atoms with E-state index in [2.05, 4.69) is 15.6 Å². The molecule has 0 aromatic carbocycles. The van der Waals surface area contributed by atoms with Crippen LogP contribution in [0.3, 0.4) is 0 Å². The Kier molecular flexibility index (Phi) is 3.94. The third kappa shape index (κ3) is 3.40. The molecule has 2 rings (SSSR count). The van der Waals surface area contributed by atoms with Gasteiger partial charge in [0.2, 0.25) is 0 Å². The highest BCUT2D eigenvalue weighted by atomic mass is 16.6. The van der Waals surface area contributed by atoms with Crippen molar-refractivity contribution in [2.45, 2.75) is 19.3 Å². The number of rotatable bonds is 6. The van der Waals surface area contributed by atoms with Crippen molar-refractivity contribution >= 4 is 17.4 Å². The fourth-order valence-electron chi connectivity index (χ4n) is 1.80. The van der Waals surface area contributed by atoms with Crippen LogP contribution in [0.15, 0.2) is 12.3 Å². The molecule has 0 spiro atoms. The number of carbonyl (C=O) groups excluding carboxylic acids is 1. The van der Waals surface area contributed by atoms with Crippen molar-refractivity contribution in [3.05, 3.63) is 27.9 Å². The van der Waals surface area contributed by atoms with Gasteiger partial charge in [0, 0.05) is 19.7 Å². The molecule has 1 aliphatic rings. The first kappa shape index (κ1) is 13.3. The van der Waals surface area contributed by atoms with Gasteiger partial charge in [-0.3, -0.25) is 14.9 Å². The van der Waals surface area contributed by atoms with Crippen LogP contribution in [0.2, 0.25) is 0 Å². The van der Waals surface area contributed by atoms with Crippen LogP contribution >= 0.6 is 0 Å². The Hall–Kier alpha value is -2.18. The number of nitrogens with zero attached hydrogens (tertiary/aromatic N) is 2. The van der Waals surface area contributed by atoms with Gasteiger partial charge in [0.1, 0.15) is 17.6 Å². The lowest BCUT2D eigenvalue weighted by Crippen LogP contribution is -2.25. The largest absolute Gasteiger partial charge is 0.373 e. The molecule has 1 fully saturated rings. The van der Waals surface area contributed by atoms with E-state index < -0.39 is 10.8 Å². The van der Waals surface area contributed by atoms with Crippen LogP contribution in [0.1, 0.15) is 29.6 Å². The van der Waals surface area contributed by atoms with Gasteiger partial charge in [-0.05, 0) is 12.3 Å². The molecule has 0 radical (unpaired) electrons. The standard InChI is InChI=1S/C12H16N4O3/c1-13-11-6-9(10(7-15-11)16(18)19)12(17)14-5-4-8-2-3-8/h6-8H,2-5H2,1H3,(H,13,15)(H,14,17). The first-order chi connectivity index (χ1) is 9.11. The minimum atomic E-state index is -0.595. The Morgan fingerprint density at radius 2 is 2.32 bits per heavy atom. The number of anilines is 1. The van der Waals surface area contributed by atoms with Gasteiger partial charge in [-0.15, -0.1) is 0 Å². The maximum Gasteiger partial charge on any atom is 0.300 e. The Balaban J connectivity index is 2.09. The number of pyridine rings is 1. The second kappa shape index (κ2) is 5.64. The summed E-state index contributed by atoms with van der Waals surface area (Å²) < 4.78 is 0. The third-order valence-electron chi connectivity index (χ3n) is 3.12. The van der Waals surface area contributed by atoms with Gasteiger partial charge < -0.3 is 10.6 Å². The van der Waals surface area contributed by atoms with Gasteiger partial charge in [0.15, 0.2) is 0 Å². The molecule has 0 bridgehead atoms. The van der Waals surface area contributed by atoms with Crippen LogP contribution in [-0.2, 0) is 0 Å². The van der Waals surface area contributed by atoms with Gasteiger partial charge in [-0.25, -0.2) is 4.98 Å². The normalized spacial score (nSPS) is 13.9. The lowest BCUT2D eigenvalue weighted by molar-refractivity contribution is -0.385. The summed E-state index contributed by atoms with van der Waals surface area (Å²) in [6.07, 6.45) is 4.47. The summed E-state index contributed by atoms with van der Waals surface area (Å²) in [6.45, 7) is 0.553. The van der Waals surface area contributed by atoms with E-state index in [1.165, 1.54) is 18.9 Å². The first-order valence-electron chi connectivity index (χ1n) is 6.22. The zero-order chi connectivity index (χ0) is 13.8. The van der Waals surface area contributed by atoms with Crippen LogP contribution in [-0.4, -0.2) is 29.4 Å². The summed E-state index contributed by atoms with van der Waals surface area (Å²) in [5.41, 5.74) is -0.233. The molecule has 1 heterocycles. The average Bonchev–Trinajstić information content (AvgIpc) is 3.21. The highest BCUT2D eigenvalue weighted by molar-refractivity contribution is 5.98. The van der Waals surface area contributed by atoms with Crippen molar-refractivity contribution in [1.82, 2.24) is 10.3 Å². The minimum Gasteiger partial charge on any atom is -0.373 e. The zero-order valence-corrected chi connectivity index (χ0v) is 10.7. The topological polar surface area (TPSA) is 97.2 Å². The van der Waals surface area contributed by atoms with E-state index in [9.17, 15) is 14.9 Å². The van der Waals surface area contributed by atoms with E-state index in [1.807, 2.05) is 0 Å². The predicted molar refractivity (Wildman–Crippen MR) is 70.1 cm³/mol. The smallest absolute Gasteiger partial charge is 0.300 e. The lowest BCUT2D eigenvalue weighted by atomic mass is 10.2. The van der Waals surface area contributed by atoms with E-state index in [-0.39, 0.29) is 11.3 Å². The lowest BCUT2D eigenvalue weighted by Gasteiger charge is -2.06. The number of nitrogens with one attached hydrogen (secondary N) is 2. The van der Waals surface area contributed by atoms with E-state index in [0.29, 0.717) is 18.3 Å². The predicted octanol–water partition coefficient (Wildman–Crippen LogP) is 1.56. The van der Waals surface area contributed by atoms with E-state index in [0.717, 1.165) is 12.6 Å². The van der Waals surface area contributed by atoms with E-state index in [4.69, 9.17) is 0 Å². The monoisotopic (exact) mass is 264 g/mol. The van der Waals surface area contributed by atoms with Crippen molar-refractivity contribution in [3.8, 4) is 0 Å². The fourth-order valence-corrected chi connectivity index (χ4v) is 1.80. The Bertz CT molecular complexity index is 500. The van der Waals surface area contributed by atoms with E-state index in [1.54, 1.807) is 7.05 Å². The molecule has 19 heavy (non-hydrogen) atoms. The molecule has 0 unspecified atom stereocenters. The second-order valence-corrected chi connectivity index (χ2v) is 4.58. The van der Waals surface area contributed by atoms with Crippen LogP contribution in [0, 0.1) is 16.0 Å². The molecule has 1 aromatic heterocycles. The molecule has 1 amide bonds. The molecular weight excluding hydrogens is 248 g/mol. The summed E-state index contributed by atoms with van der Waals surface area (Å²) in [5.74, 6) is 0.713. The first-order valence-corrected chi connectivity index (χ1v) is 6.22. The summed E-state index contributed by atoms with van der Waals surface area (Å²) in [6, 6.07) is 1.39. The number of nitro groups is 1. The molecule has 1 saturated carbocycles.